The Morgan fingerprint density at radius 1 is 0.197 bits per heavy atom. The van der Waals surface area contributed by atoms with E-state index in [1.54, 1.807) is 36.4 Å². The first-order chi connectivity index (χ1) is 34.6. The Hall–Kier alpha value is -6.01. The van der Waals surface area contributed by atoms with Crippen LogP contribution in [0.4, 0.5) is 0 Å². The number of benzene rings is 12. The van der Waals surface area contributed by atoms with E-state index in [0.717, 1.165) is 98.0 Å². The first kappa shape index (κ1) is 59.2. The van der Waals surface area contributed by atoms with E-state index in [9.17, 15) is 30.6 Å². The predicted octanol–water partition coefficient (Wildman–Crippen LogP) is 15.9. The number of rotatable bonds is 3. The van der Waals surface area contributed by atoms with Gasteiger partial charge in [-0.15, -0.1) is 0 Å². The largest absolute Gasteiger partial charge is 0.507 e. The van der Waals surface area contributed by atoms with E-state index >= 15 is 0 Å². The van der Waals surface area contributed by atoms with Crippen LogP contribution in [0.2, 0.25) is 0 Å². The summed E-state index contributed by atoms with van der Waals surface area (Å²) in [5.41, 5.74) is 11.1. The van der Waals surface area contributed by atoms with Gasteiger partial charge in [-0.05, 0) is 143 Å². The zero-order valence-electron chi connectivity index (χ0n) is 44.6. The van der Waals surface area contributed by atoms with Crippen molar-refractivity contribution in [2.75, 3.05) is 0 Å². The standard InChI is InChI=1S/3C22H18O2.La.3Li/c3*1-13-3-7-17-15(11-13)5-9-19(23)21(17)22-18-8-4-14(2)12-16(18)6-10-20(22)24;;;;/h3*3-12,23-24H,1-2H3;;;;. The molecule has 0 heterocycles. The maximum Gasteiger partial charge on any atom is 0.124 e. The fraction of sp³-hybridized carbons (Fsp3) is 0.0909. The van der Waals surface area contributed by atoms with Gasteiger partial charge >= 0.3 is 0 Å². The summed E-state index contributed by atoms with van der Waals surface area (Å²) in [4.78, 5) is 0. The van der Waals surface area contributed by atoms with Crippen molar-refractivity contribution >= 4 is 121 Å². The second-order valence-electron chi connectivity index (χ2n) is 19.1. The molecule has 0 aliphatic rings. The van der Waals surface area contributed by atoms with E-state index in [2.05, 4.69) is 36.4 Å². The third-order valence-electron chi connectivity index (χ3n) is 13.7. The maximum atomic E-state index is 10.6. The van der Waals surface area contributed by atoms with Gasteiger partial charge in [-0.3, -0.25) is 0 Å². The Bertz CT molecular complexity index is 3460. The number of aromatic hydroxyl groups is 6. The molecule has 6 N–H and O–H groups in total. The smallest absolute Gasteiger partial charge is 0.124 e. The molecule has 0 aliphatic heterocycles. The van der Waals surface area contributed by atoms with Crippen LogP contribution in [0.3, 0.4) is 0 Å². The Morgan fingerprint density at radius 3 is 0.461 bits per heavy atom. The van der Waals surface area contributed by atoms with Crippen LogP contribution in [-0.4, -0.2) is 87.2 Å². The number of phenols is 6. The van der Waals surface area contributed by atoms with E-state index in [4.69, 9.17) is 0 Å². The summed E-state index contributed by atoms with van der Waals surface area (Å²) in [5, 5.41) is 75.2. The van der Waals surface area contributed by atoms with Gasteiger partial charge in [-0.1, -0.05) is 179 Å². The number of hydrogen-bond donors (Lipinski definition) is 6. The van der Waals surface area contributed by atoms with Crippen molar-refractivity contribution in [3.05, 3.63) is 215 Å². The minimum absolute atomic E-state index is 0. The molecule has 360 valence electrons. The van der Waals surface area contributed by atoms with Gasteiger partial charge in [-0.2, -0.15) is 0 Å². The first-order valence-corrected chi connectivity index (χ1v) is 24.0. The Balaban J connectivity index is 0.000000180. The molecule has 12 aromatic rings. The van der Waals surface area contributed by atoms with Crippen LogP contribution in [0, 0.1) is 77.1 Å². The Labute approximate surface area is 507 Å². The van der Waals surface area contributed by atoms with Crippen molar-refractivity contribution in [3.63, 3.8) is 0 Å². The molecule has 6 nitrogen and oxygen atoms in total. The average Bonchev–Trinajstić information content (AvgIpc) is 3.35. The van der Waals surface area contributed by atoms with Crippen LogP contribution in [0.1, 0.15) is 33.4 Å². The number of aryl methyl sites for hydroxylation is 6. The normalized spacial score (nSPS) is 10.7. The number of fused-ring (bicyclic) bond motifs is 6. The molecule has 0 unspecified atom stereocenters. The molecule has 0 bridgehead atoms. The van der Waals surface area contributed by atoms with Gasteiger partial charge in [0.25, 0.3) is 0 Å². The SMILES string of the molecule is Cc1ccc2c(-c3c(O)ccc4cc(C)ccc34)c(O)ccc2c1.Cc1ccc2c(-c3c(O)ccc4cc(C)ccc34)c(O)ccc2c1.Cc1ccc2c(-c3c(O)ccc4cc(C)ccc34)c(O)ccc2c1.[La].[Li].[Li].[Li]. The second-order valence-corrected chi connectivity index (χ2v) is 19.1. The average molecular weight is 1100 g/mol. The maximum absolute atomic E-state index is 10.6. The van der Waals surface area contributed by atoms with Crippen molar-refractivity contribution in [1.82, 2.24) is 0 Å². The van der Waals surface area contributed by atoms with E-state index in [0.29, 0.717) is 33.4 Å². The van der Waals surface area contributed by atoms with E-state index < -0.39 is 0 Å². The van der Waals surface area contributed by atoms with Crippen molar-refractivity contribution in [2.45, 2.75) is 41.5 Å². The molecule has 0 aromatic heterocycles. The molecule has 10 heteroatoms. The summed E-state index contributed by atoms with van der Waals surface area (Å²) in [6, 6.07) is 58.4. The summed E-state index contributed by atoms with van der Waals surface area (Å²) in [6.45, 7) is 12.3. The third-order valence-corrected chi connectivity index (χ3v) is 13.7. The molecule has 12 aromatic carbocycles. The summed E-state index contributed by atoms with van der Waals surface area (Å²) in [6.07, 6.45) is 0. The van der Waals surface area contributed by atoms with Gasteiger partial charge in [0.1, 0.15) is 34.5 Å². The van der Waals surface area contributed by atoms with Crippen molar-refractivity contribution < 1.29 is 66.2 Å². The molecule has 0 fully saturated rings. The summed E-state index contributed by atoms with van der Waals surface area (Å²) >= 11 is 0. The molecule has 0 aliphatic carbocycles. The molecular weight excluding hydrogens is 1050 g/mol. The van der Waals surface area contributed by atoms with Crippen LogP contribution in [0.25, 0.3) is 98.0 Å². The molecule has 4 radical (unpaired) electrons. The van der Waals surface area contributed by atoms with Gasteiger partial charge in [0.05, 0.1) is 0 Å². The fourth-order valence-electron chi connectivity index (χ4n) is 10.2. The van der Waals surface area contributed by atoms with Crippen LogP contribution in [-0.2, 0) is 0 Å². The van der Waals surface area contributed by atoms with Crippen LogP contribution < -0.4 is 0 Å². The first-order valence-electron chi connectivity index (χ1n) is 24.0. The molecule has 76 heavy (non-hydrogen) atoms. The fourth-order valence-corrected chi connectivity index (χ4v) is 10.2. The van der Waals surface area contributed by atoms with Crippen molar-refractivity contribution in [3.8, 4) is 67.9 Å². The zero-order valence-corrected chi connectivity index (χ0v) is 48.2. The van der Waals surface area contributed by atoms with Gasteiger partial charge in [0.2, 0.25) is 0 Å². The molecule has 0 atom stereocenters. The minimum Gasteiger partial charge on any atom is -0.507 e. The third kappa shape index (κ3) is 11.6. The summed E-state index contributed by atoms with van der Waals surface area (Å²) in [7, 11) is 0. The minimum atomic E-state index is 0. The van der Waals surface area contributed by atoms with Gasteiger partial charge < -0.3 is 30.6 Å². The quantitative estimate of drug-likeness (QED) is 0.0981. The number of phenolic OH excluding ortho intramolecular Hbond substituents is 6. The summed E-state index contributed by atoms with van der Waals surface area (Å²) < 4.78 is 0. The Kier molecular flexibility index (Phi) is 19.1. The van der Waals surface area contributed by atoms with Gasteiger partial charge in [-0.25, -0.2) is 0 Å². The molecule has 0 amide bonds. The molecule has 0 saturated carbocycles. The molecule has 0 saturated heterocycles. The van der Waals surface area contributed by atoms with E-state index in [1.165, 1.54) is 0 Å². The topological polar surface area (TPSA) is 121 Å². The molecule has 0 spiro atoms. The van der Waals surface area contributed by atoms with Gasteiger partial charge in [0.15, 0.2) is 0 Å². The monoisotopic (exact) mass is 1100 g/mol. The second kappa shape index (κ2) is 24.5. The molecule has 12 rings (SSSR count). The Morgan fingerprint density at radius 2 is 0.329 bits per heavy atom. The number of hydrogen-bond acceptors (Lipinski definition) is 6. The predicted molar refractivity (Wildman–Crippen MR) is 316 cm³/mol. The zero-order chi connectivity index (χ0) is 50.5. The van der Waals surface area contributed by atoms with Crippen LogP contribution in [0.15, 0.2) is 182 Å². The van der Waals surface area contributed by atoms with Crippen molar-refractivity contribution in [2.24, 2.45) is 0 Å². The van der Waals surface area contributed by atoms with E-state index in [-0.39, 0.29) is 127 Å². The van der Waals surface area contributed by atoms with Crippen molar-refractivity contribution in [1.29, 1.82) is 0 Å². The van der Waals surface area contributed by atoms with Crippen LogP contribution in [0.5, 0.6) is 34.5 Å². The van der Waals surface area contributed by atoms with E-state index in [1.807, 2.05) is 151 Å². The van der Waals surface area contributed by atoms with Crippen LogP contribution >= 0.6 is 0 Å². The summed E-state index contributed by atoms with van der Waals surface area (Å²) in [5.74, 6) is 1.05. The molecular formula is C66H54LaLi3O6. The van der Waals surface area contributed by atoms with Gasteiger partial charge in [0, 0.05) is 126 Å².